The maximum absolute atomic E-state index is 16.9. The Labute approximate surface area is 789 Å². The molecule has 0 bridgehead atoms. The zero-order valence-electron chi connectivity index (χ0n) is 79.2. The van der Waals surface area contributed by atoms with Crippen LogP contribution in [0.2, 0.25) is 0 Å². The van der Waals surface area contributed by atoms with E-state index in [9.17, 15) is 112 Å². The van der Waals surface area contributed by atoms with E-state index in [0.717, 1.165) is 5.57 Å². The first kappa shape index (κ1) is 109. The molecule has 0 spiro atoms. The van der Waals surface area contributed by atoms with Gasteiger partial charge in [-0.25, -0.2) is 9.59 Å². The number of hydrogen-bond acceptors (Lipinski definition) is 42. The topological polar surface area (TPSA) is 642 Å². The van der Waals surface area contributed by atoms with Gasteiger partial charge in [0.2, 0.25) is 6.29 Å². The number of hydrogen-bond donors (Lipinski definition) is 21. The molecule has 0 aromatic rings. The van der Waals surface area contributed by atoms with Gasteiger partial charge in [-0.15, -0.1) is 13.2 Å². The molecule has 13 rings (SSSR count). The van der Waals surface area contributed by atoms with Crippen molar-refractivity contribution in [1.82, 2.24) is 0 Å². The number of fused-ring (bicyclic) bond motifs is 7. The third-order valence-electron chi connectivity index (χ3n) is 32.4. The van der Waals surface area contributed by atoms with Crippen LogP contribution in [-0.4, -0.2) is 410 Å². The Bertz CT molecular complexity index is 4150. The van der Waals surface area contributed by atoms with Gasteiger partial charge in [0.05, 0.1) is 68.5 Å². The van der Waals surface area contributed by atoms with Crippen LogP contribution < -0.4 is 0 Å². The quantitative estimate of drug-likeness (QED) is 0.0110. The van der Waals surface area contributed by atoms with Gasteiger partial charge in [0.1, 0.15) is 159 Å². The third-order valence-corrected chi connectivity index (χ3v) is 32.4. The largest absolute Gasteiger partial charge is 0.459 e. The van der Waals surface area contributed by atoms with E-state index in [1.54, 1.807) is 0 Å². The Morgan fingerprint density at radius 3 is 1.54 bits per heavy atom. The van der Waals surface area contributed by atoms with E-state index >= 15 is 9.59 Å². The number of carbonyl (C=O) groups is 3. The lowest BCUT2D eigenvalue weighted by Crippen LogP contribution is -2.68. The van der Waals surface area contributed by atoms with Gasteiger partial charge in [0.15, 0.2) is 56.2 Å². The minimum atomic E-state index is -2.21. The fourth-order valence-corrected chi connectivity index (χ4v) is 23.3. The van der Waals surface area contributed by atoms with Gasteiger partial charge >= 0.3 is 17.9 Å². The highest BCUT2D eigenvalue weighted by molar-refractivity contribution is 5.88. The Kier molecular flexibility index (Phi) is 34.6. The standard InChI is InChI=1S/C94H148O42/c1-15-89(10,117)25-17-19-41(3)76(114)119-39-52-61(105)72(130-77(115)42(4)20-18-26-90(11,118)16-2)75(135-84-74(134-82-67(111)62(106)59(103)50(34-95)126-82)68(112)70(43(5)125-84)131-80-69(113)71(49(99)38-122-80)132-78-64(108)56(100)46(96)35-120-78)85(128-52)136-86(116)94-31-29-87(6,7)33-45(94)44-21-22-54-91(12)27-24-55(88(8,9)53(91)23-28-93(54,14)92(44,13)30-32-94)129-81-66(110)63(107)60(104)51(127-81)40-124-83-73(58(102)48(98)37-123-83)133-79-65(109)57(101)47(97)36-121-79/h15-16,19-21,43,45-75,78-85,95-113,117-118H,1-2,17-18,22-40H2,3-14H3/b41-19+,42-20+/t43-,45-,46+,47+,48-,49+,50+,51+,52+,53-,54+,55-,56-,57-,58-,59-,60+,61+,62-,63-,64+,65+,66+,67+,68+,69+,70-,71-,72-,73+,74+,75+,78-,79-,80-,81-,82-,83-,84-,85-,89+,90?,91-,92+,93+,94-/m0/s1. The minimum Gasteiger partial charge on any atom is -0.459 e. The molecular weight excluding hydrogens is 1800 g/mol. The second kappa shape index (κ2) is 43.1. The molecule has 46 atom stereocenters. The van der Waals surface area contributed by atoms with Crippen molar-refractivity contribution in [2.45, 2.75) is 412 Å². The van der Waals surface area contributed by atoms with E-state index in [4.69, 9.17) is 85.3 Å². The molecule has 136 heavy (non-hydrogen) atoms. The summed E-state index contributed by atoms with van der Waals surface area (Å²) in [7, 11) is 0. The smallest absolute Gasteiger partial charge is 0.333 e. The second-order valence-corrected chi connectivity index (χ2v) is 42.5. The maximum atomic E-state index is 16.9. The molecule has 8 saturated heterocycles. The molecular formula is C94H148O42. The van der Waals surface area contributed by atoms with E-state index in [2.05, 4.69) is 67.7 Å². The number of ether oxygens (including phenoxy) is 18. The highest BCUT2D eigenvalue weighted by atomic mass is 16.8. The minimum absolute atomic E-state index is 0.00909. The molecule has 8 heterocycles. The van der Waals surface area contributed by atoms with Gasteiger partial charge in [-0.3, -0.25) is 4.79 Å². The van der Waals surface area contributed by atoms with Gasteiger partial charge in [0, 0.05) is 11.1 Å². The summed E-state index contributed by atoms with van der Waals surface area (Å²) in [6.45, 7) is 25.5. The van der Waals surface area contributed by atoms with Crippen molar-refractivity contribution in [1.29, 1.82) is 0 Å². The predicted octanol–water partition coefficient (Wildman–Crippen LogP) is -2.73. The Balaban J connectivity index is 0.809. The van der Waals surface area contributed by atoms with E-state index in [-0.39, 0.29) is 61.5 Å². The number of carbonyl (C=O) groups excluding carboxylic acids is 3. The van der Waals surface area contributed by atoms with Gasteiger partial charge in [-0.2, -0.15) is 0 Å². The molecule has 13 aliphatic rings. The first-order valence-electron chi connectivity index (χ1n) is 47.6. The number of aliphatic hydroxyl groups excluding tert-OH is 19. The summed E-state index contributed by atoms with van der Waals surface area (Å²) in [5.41, 5.74) is -5.62. The second-order valence-electron chi connectivity index (χ2n) is 42.5. The molecule has 12 fully saturated rings. The van der Waals surface area contributed by atoms with Gasteiger partial charge in [-0.1, -0.05) is 84.4 Å². The summed E-state index contributed by atoms with van der Waals surface area (Å²) in [5.74, 6) is -3.45. The normalized spacial score (nSPS) is 48.0. The molecule has 21 N–H and O–H groups in total. The van der Waals surface area contributed by atoms with Crippen LogP contribution in [0.25, 0.3) is 0 Å². The van der Waals surface area contributed by atoms with Crippen LogP contribution in [0, 0.1) is 50.2 Å². The summed E-state index contributed by atoms with van der Waals surface area (Å²) >= 11 is 0. The molecule has 4 saturated carbocycles. The number of esters is 3. The molecule has 0 radical (unpaired) electrons. The third kappa shape index (κ3) is 22.0. The molecule has 42 heteroatoms. The van der Waals surface area contributed by atoms with Gasteiger partial charge in [0.25, 0.3) is 0 Å². The SMILES string of the molecule is C=CC(C)(O)CC/C=C(\C)C(=O)O[C@H]1[C@H](O)[C@@H](COC(=O)/C(C)=C/CC[C@](C)(O)C=C)O[C@@H](OC(=O)[C@]23CCC(C)(C)C[C@H]2C2=CC[C@@H]4[C@@]5(C)CC[C@H](O[C@@H]6O[C@H](CO[C@@H]7OC[C@H](O)[C@H](O)[C@H]7O[C@@H]7OC[C@@H](O)[C@H](O)[C@H]7O)[C@@H](O)[C@H](O)[C@H]6O)C(C)(C)[C@@H]5CC[C@@]4(C)[C@]2(C)CC3)[C@@H]1O[C@@H]1O[C@@H](C)[C@H](O[C@@H]2OC[C@@H](O)[C@H](O[C@@H]3OC[C@@H](O)[C@H](O)[C@H]3O)[C@H]2O)[C@@H](O)[C@H]1O[C@@H]1O[C@H](CO)[C@H](O)[C@H](O)[C@H]1O. The first-order chi connectivity index (χ1) is 63.7. The Morgan fingerprint density at radius 1 is 0.456 bits per heavy atom. The van der Waals surface area contributed by atoms with Crippen LogP contribution in [0.1, 0.15) is 173 Å². The monoisotopic (exact) mass is 1950 g/mol. The van der Waals surface area contributed by atoms with E-state index in [1.165, 1.54) is 58.9 Å². The molecule has 0 aromatic carbocycles. The van der Waals surface area contributed by atoms with E-state index in [0.29, 0.717) is 51.4 Å². The summed E-state index contributed by atoms with van der Waals surface area (Å²) < 4.78 is 111. The van der Waals surface area contributed by atoms with E-state index in [1.807, 2.05) is 0 Å². The van der Waals surface area contributed by atoms with E-state index < -0.39 is 341 Å². The van der Waals surface area contributed by atoms with Crippen molar-refractivity contribution in [3.63, 3.8) is 0 Å². The zero-order chi connectivity index (χ0) is 99.7. The Morgan fingerprint density at radius 2 is 0.941 bits per heavy atom. The van der Waals surface area contributed by atoms with Crippen molar-refractivity contribution >= 4 is 17.9 Å². The molecule has 1 unspecified atom stereocenters. The lowest BCUT2D eigenvalue weighted by Gasteiger charge is -2.71. The van der Waals surface area contributed by atoms with Crippen molar-refractivity contribution in [2.24, 2.45) is 50.2 Å². The average Bonchev–Trinajstić information content (AvgIpc) is 0.672. The van der Waals surface area contributed by atoms with Crippen LogP contribution >= 0.6 is 0 Å². The van der Waals surface area contributed by atoms with Crippen molar-refractivity contribution in [3.05, 3.63) is 60.3 Å². The first-order valence-corrected chi connectivity index (χ1v) is 47.6. The lowest BCUT2D eigenvalue weighted by molar-refractivity contribution is -0.401. The Hall–Kier alpha value is -4.33. The highest BCUT2D eigenvalue weighted by Gasteiger charge is 2.71. The number of rotatable bonds is 31. The van der Waals surface area contributed by atoms with Crippen molar-refractivity contribution < 1.29 is 207 Å². The molecule has 0 amide bonds. The van der Waals surface area contributed by atoms with Crippen LogP contribution in [0.4, 0.5) is 0 Å². The van der Waals surface area contributed by atoms with Gasteiger partial charge in [-0.05, 0) is 169 Å². The highest BCUT2D eigenvalue weighted by Crippen LogP contribution is 2.76. The van der Waals surface area contributed by atoms with Gasteiger partial charge < -0.3 is 193 Å². The molecule has 0 aromatic heterocycles. The number of allylic oxidation sites excluding steroid dienone is 4. The summed E-state index contributed by atoms with van der Waals surface area (Å²) in [6.07, 6.45) is -53.1. The molecule has 776 valence electrons. The molecule has 42 nitrogen and oxygen atoms in total. The summed E-state index contributed by atoms with van der Waals surface area (Å²) in [6, 6.07) is 0. The van der Waals surface area contributed by atoms with Crippen LogP contribution in [-0.2, 0) is 99.6 Å². The predicted molar refractivity (Wildman–Crippen MR) is 463 cm³/mol. The van der Waals surface area contributed by atoms with Crippen molar-refractivity contribution in [2.75, 3.05) is 46.2 Å². The molecule has 5 aliphatic carbocycles. The van der Waals surface area contributed by atoms with Crippen LogP contribution in [0.3, 0.4) is 0 Å². The zero-order valence-corrected chi connectivity index (χ0v) is 79.2. The summed E-state index contributed by atoms with van der Waals surface area (Å²) in [5, 5.41) is 234. The van der Waals surface area contributed by atoms with Crippen molar-refractivity contribution in [3.8, 4) is 0 Å². The fourth-order valence-electron chi connectivity index (χ4n) is 23.3. The lowest BCUT2D eigenvalue weighted by atomic mass is 9.33. The van der Waals surface area contributed by atoms with Crippen LogP contribution in [0.5, 0.6) is 0 Å². The number of aliphatic hydroxyl groups is 21. The maximum Gasteiger partial charge on any atom is 0.333 e. The average molecular weight is 1950 g/mol. The molecule has 8 aliphatic heterocycles. The fraction of sp³-hybridized carbons (Fsp3) is 0.862. The van der Waals surface area contributed by atoms with Crippen LogP contribution in [0.15, 0.2) is 60.3 Å². The summed E-state index contributed by atoms with van der Waals surface area (Å²) in [4.78, 5) is 46.0.